The van der Waals surface area contributed by atoms with Gasteiger partial charge in [0.25, 0.3) is 0 Å². The summed E-state index contributed by atoms with van der Waals surface area (Å²) in [4.78, 5) is 23.2. The lowest BCUT2D eigenvalue weighted by Gasteiger charge is -2.09. The molecular weight excluding hydrogens is 338 g/mol. The van der Waals surface area contributed by atoms with E-state index in [9.17, 15) is 9.59 Å². The first-order valence-corrected chi connectivity index (χ1v) is 8.67. The Kier molecular flexibility index (Phi) is 5.84. The maximum atomic E-state index is 12.2. The summed E-state index contributed by atoms with van der Waals surface area (Å²) in [6, 6.07) is 24.7. The molecule has 0 atom stereocenters. The lowest BCUT2D eigenvalue weighted by molar-refractivity contribution is -0.116. The third-order valence-electron chi connectivity index (χ3n) is 3.87. The first-order valence-electron chi connectivity index (χ1n) is 8.67. The lowest BCUT2D eigenvalue weighted by atomic mass is 10.1. The first kappa shape index (κ1) is 18.2. The van der Waals surface area contributed by atoms with Crippen LogP contribution in [-0.4, -0.2) is 11.8 Å². The fourth-order valence-corrected chi connectivity index (χ4v) is 2.62. The van der Waals surface area contributed by atoms with Crippen LogP contribution < -0.4 is 16.0 Å². The highest BCUT2D eigenvalue weighted by Crippen LogP contribution is 2.19. The van der Waals surface area contributed by atoms with E-state index in [0.717, 1.165) is 22.6 Å². The minimum atomic E-state index is -0.120. The Labute approximate surface area is 158 Å². The van der Waals surface area contributed by atoms with Gasteiger partial charge in [0.15, 0.2) is 0 Å². The molecule has 3 rings (SSSR count). The molecule has 3 aromatic rings. The van der Waals surface area contributed by atoms with Crippen molar-refractivity contribution in [3.05, 3.63) is 84.4 Å². The van der Waals surface area contributed by atoms with Crippen LogP contribution in [-0.2, 0) is 16.0 Å². The summed E-state index contributed by atoms with van der Waals surface area (Å²) in [5.41, 5.74) is 4.30. The molecule has 5 heteroatoms. The molecule has 0 spiro atoms. The molecule has 0 aliphatic carbocycles. The number of nitrogens with one attached hydrogen (secondary N) is 3. The topological polar surface area (TPSA) is 70.2 Å². The number of anilines is 4. The van der Waals surface area contributed by atoms with Gasteiger partial charge in [-0.2, -0.15) is 0 Å². The van der Waals surface area contributed by atoms with Crippen molar-refractivity contribution in [2.24, 2.45) is 0 Å². The standard InChI is InChI=1S/C22H21N3O2/c1-16(26)23-19-9-7-17(8-10-19)15-22(27)25-21-13-11-20(12-14-21)24-18-5-3-2-4-6-18/h2-14,24H,15H2,1H3,(H,23,26)(H,25,27). The third-order valence-corrected chi connectivity index (χ3v) is 3.87. The zero-order valence-corrected chi connectivity index (χ0v) is 15.0. The molecule has 0 unspecified atom stereocenters. The van der Waals surface area contributed by atoms with Crippen molar-refractivity contribution in [1.82, 2.24) is 0 Å². The second-order valence-corrected chi connectivity index (χ2v) is 6.17. The molecule has 5 nitrogen and oxygen atoms in total. The van der Waals surface area contributed by atoms with Crippen molar-refractivity contribution in [3.63, 3.8) is 0 Å². The van der Waals surface area contributed by atoms with Gasteiger partial charge in [0.2, 0.25) is 11.8 Å². The van der Waals surface area contributed by atoms with E-state index < -0.39 is 0 Å². The van der Waals surface area contributed by atoms with E-state index in [-0.39, 0.29) is 18.2 Å². The predicted octanol–water partition coefficient (Wildman–Crippen LogP) is 4.57. The predicted molar refractivity (Wildman–Crippen MR) is 109 cm³/mol. The second-order valence-electron chi connectivity index (χ2n) is 6.17. The summed E-state index contributed by atoms with van der Waals surface area (Å²) >= 11 is 0. The molecule has 2 amide bonds. The highest BCUT2D eigenvalue weighted by atomic mass is 16.2. The van der Waals surface area contributed by atoms with Crippen LogP contribution in [0.5, 0.6) is 0 Å². The van der Waals surface area contributed by atoms with E-state index in [2.05, 4.69) is 16.0 Å². The molecule has 0 aliphatic heterocycles. The number of para-hydroxylation sites is 1. The molecule has 0 saturated carbocycles. The number of hydrogen-bond donors (Lipinski definition) is 3. The van der Waals surface area contributed by atoms with Gasteiger partial charge in [-0.1, -0.05) is 30.3 Å². The zero-order chi connectivity index (χ0) is 19.1. The van der Waals surface area contributed by atoms with Crippen LogP contribution in [0.1, 0.15) is 12.5 Å². The van der Waals surface area contributed by atoms with Crippen LogP contribution in [0.25, 0.3) is 0 Å². The van der Waals surface area contributed by atoms with Crippen LogP contribution in [0.15, 0.2) is 78.9 Å². The molecule has 0 saturated heterocycles. The Hall–Kier alpha value is -3.60. The Bertz CT molecular complexity index is 905. The Morgan fingerprint density at radius 3 is 1.81 bits per heavy atom. The number of carbonyl (C=O) groups is 2. The van der Waals surface area contributed by atoms with Gasteiger partial charge in [0, 0.05) is 29.7 Å². The molecule has 0 aromatic heterocycles. The molecule has 0 heterocycles. The van der Waals surface area contributed by atoms with Gasteiger partial charge in [-0.05, 0) is 54.1 Å². The molecule has 0 bridgehead atoms. The summed E-state index contributed by atoms with van der Waals surface area (Å²) in [6.45, 7) is 1.46. The van der Waals surface area contributed by atoms with Crippen molar-refractivity contribution in [3.8, 4) is 0 Å². The van der Waals surface area contributed by atoms with Crippen LogP contribution in [0.4, 0.5) is 22.7 Å². The Morgan fingerprint density at radius 2 is 1.19 bits per heavy atom. The highest BCUT2D eigenvalue weighted by Gasteiger charge is 2.05. The summed E-state index contributed by atoms with van der Waals surface area (Å²) in [5, 5.41) is 8.89. The highest BCUT2D eigenvalue weighted by molar-refractivity contribution is 5.92. The maximum absolute atomic E-state index is 12.2. The maximum Gasteiger partial charge on any atom is 0.228 e. The number of carbonyl (C=O) groups excluding carboxylic acids is 2. The van der Waals surface area contributed by atoms with Crippen LogP contribution in [0.2, 0.25) is 0 Å². The van der Waals surface area contributed by atoms with E-state index in [4.69, 9.17) is 0 Å². The smallest absolute Gasteiger partial charge is 0.228 e. The molecule has 136 valence electrons. The monoisotopic (exact) mass is 359 g/mol. The average molecular weight is 359 g/mol. The fraction of sp³-hybridized carbons (Fsp3) is 0.0909. The number of amides is 2. The van der Waals surface area contributed by atoms with Crippen LogP contribution in [0.3, 0.4) is 0 Å². The van der Waals surface area contributed by atoms with Gasteiger partial charge >= 0.3 is 0 Å². The second kappa shape index (κ2) is 8.67. The first-order chi connectivity index (χ1) is 13.1. The number of benzene rings is 3. The minimum Gasteiger partial charge on any atom is -0.356 e. The minimum absolute atomic E-state index is 0.0916. The average Bonchev–Trinajstić information content (AvgIpc) is 2.65. The summed E-state index contributed by atoms with van der Waals surface area (Å²) in [7, 11) is 0. The van der Waals surface area contributed by atoms with Crippen LogP contribution in [0, 0.1) is 0 Å². The molecule has 0 aliphatic rings. The van der Waals surface area contributed by atoms with Crippen molar-refractivity contribution in [2.75, 3.05) is 16.0 Å². The SMILES string of the molecule is CC(=O)Nc1ccc(CC(=O)Nc2ccc(Nc3ccccc3)cc2)cc1. The Morgan fingerprint density at radius 1 is 0.667 bits per heavy atom. The molecule has 27 heavy (non-hydrogen) atoms. The lowest BCUT2D eigenvalue weighted by Crippen LogP contribution is -2.14. The van der Waals surface area contributed by atoms with E-state index in [0.29, 0.717) is 5.69 Å². The normalized spacial score (nSPS) is 10.1. The summed E-state index contributed by atoms with van der Waals surface area (Å²) < 4.78 is 0. The summed E-state index contributed by atoms with van der Waals surface area (Å²) in [5.74, 6) is -0.211. The van der Waals surface area contributed by atoms with Gasteiger partial charge in [0.1, 0.15) is 0 Å². The number of rotatable bonds is 6. The van der Waals surface area contributed by atoms with Crippen molar-refractivity contribution < 1.29 is 9.59 Å². The van der Waals surface area contributed by atoms with Gasteiger partial charge in [-0.3, -0.25) is 9.59 Å². The molecule has 0 fully saturated rings. The molecular formula is C22H21N3O2. The Balaban J connectivity index is 1.54. The van der Waals surface area contributed by atoms with Gasteiger partial charge in [-0.15, -0.1) is 0 Å². The molecule has 0 radical (unpaired) electrons. The fourth-order valence-electron chi connectivity index (χ4n) is 2.62. The van der Waals surface area contributed by atoms with Crippen LogP contribution >= 0.6 is 0 Å². The van der Waals surface area contributed by atoms with Gasteiger partial charge in [0.05, 0.1) is 6.42 Å². The third kappa shape index (κ3) is 5.71. The van der Waals surface area contributed by atoms with E-state index in [1.165, 1.54) is 6.92 Å². The zero-order valence-electron chi connectivity index (χ0n) is 15.0. The van der Waals surface area contributed by atoms with E-state index >= 15 is 0 Å². The quantitative estimate of drug-likeness (QED) is 0.604. The largest absolute Gasteiger partial charge is 0.356 e. The molecule has 3 aromatic carbocycles. The van der Waals surface area contributed by atoms with Crippen molar-refractivity contribution >= 4 is 34.6 Å². The number of hydrogen-bond acceptors (Lipinski definition) is 3. The van der Waals surface area contributed by atoms with E-state index in [1.807, 2.05) is 66.7 Å². The van der Waals surface area contributed by atoms with E-state index in [1.54, 1.807) is 12.1 Å². The van der Waals surface area contributed by atoms with Gasteiger partial charge < -0.3 is 16.0 Å². The molecule has 3 N–H and O–H groups in total. The summed E-state index contributed by atoms with van der Waals surface area (Å²) in [6.07, 6.45) is 0.268. The van der Waals surface area contributed by atoms with Crippen molar-refractivity contribution in [1.29, 1.82) is 0 Å². The van der Waals surface area contributed by atoms with Gasteiger partial charge in [-0.25, -0.2) is 0 Å². The van der Waals surface area contributed by atoms with Crippen molar-refractivity contribution in [2.45, 2.75) is 13.3 Å².